The van der Waals surface area contributed by atoms with Gasteiger partial charge in [-0.2, -0.15) is 0 Å². The predicted molar refractivity (Wildman–Crippen MR) is 95.3 cm³/mol. The van der Waals surface area contributed by atoms with E-state index in [9.17, 15) is 9.18 Å². The van der Waals surface area contributed by atoms with Crippen molar-refractivity contribution in [1.82, 2.24) is 10.6 Å². The van der Waals surface area contributed by atoms with Gasteiger partial charge >= 0.3 is 6.09 Å². The first-order chi connectivity index (χ1) is 11.6. The van der Waals surface area contributed by atoms with Gasteiger partial charge in [-0.25, -0.2) is 9.18 Å². The van der Waals surface area contributed by atoms with E-state index in [-0.39, 0.29) is 23.1 Å². The average Bonchev–Trinajstić information content (AvgIpc) is 2.47. The predicted octanol–water partition coefficient (Wildman–Crippen LogP) is 3.93. The van der Waals surface area contributed by atoms with E-state index in [1.807, 2.05) is 33.8 Å². The van der Waals surface area contributed by atoms with Crippen molar-refractivity contribution in [2.75, 3.05) is 13.7 Å². The highest BCUT2D eigenvalue weighted by atomic mass is 19.1. The smallest absolute Gasteiger partial charge is 0.408 e. The Kier molecular flexibility index (Phi) is 5.93. The zero-order valence-corrected chi connectivity index (χ0v) is 15.7. The van der Waals surface area contributed by atoms with Gasteiger partial charge in [-0.3, -0.25) is 0 Å². The quantitative estimate of drug-likeness (QED) is 0.814. The van der Waals surface area contributed by atoms with E-state index in [2.05, 4.69) is 10.6 Å². The molecule has 140 valence electrons. The van der Waals surface area contributed by atoms with Crippen molar-refractivity contribution in [2.24, 2.45) is 0 Å². The van der Waals surface area contributed by atoms with E-state index in [1.54, 1.807) is 6.07 Å². The number of rotatable bonds is 6. The highest BCUT2D eigenvalue weighted by molar-refractivity contribution is 5.69. The minimum Gasteiger partial charge on any atom is -0.494 e. The summed E-state index contributed by atoms with van der Waals surface area (Å²) < 4.78 is 24.2. The third-order valence-corrected chi connectivity index (χ3v) is 4.50. The van der Waals surface area contributed by atoms with Crippen LogP contribution in [0.4, 0.5) is 9.18 Å². The normalized spacial score (nSPS) is 17.4. The number of amides is 1. The molecule has 1 amide bonds. The highest BCUT2D eigenvalue weighted by Gasteiger charge is 2.39. The lowest BCUT2D eigenvalue weighted by Gasteiger charge is -2.43. The number of nitrogens with one attached hydrogen (secondary N) is 2. The van der Waals surface area contributed by atoms with E-state index in [4.69, 9.17) is 9.47 Å². The number of carbonyl (C=O) groups excluding carboxylic acids is 1. The number of alkyl carbamates (subject to hydrolysis) is 1. The summed E-state index contributed by atoms with van der Waals surface area (Å²) in [5.41, 5.74) is 0.0304. The van der Waals surface area contributed by atoms with Crippen LogP contribution in [-0.4, -0.2) is 30.9 Å². The second-order valence-corrected chi connectivity index (χ2v) is 7.76. The molecule has 1 aromatic rings. The Morgan fingerprint density at radius 3 is 2.52 bits per heavy atom. The molecule has 1 unspecified atom stereocenters. The molecule has 1 aliphatic rings. The van der Waals surface area contributed by atoms with Crippen LogP contribution in [-0.2, 0) is 4.74 Å². The Balaban J connectivity index is 1.93. The van der Waals surface area contributed by atoms with Crippen LogP contribution in [0.2, 0.25) is 0 Å². The third-order valence-electron chi connectivity index (χ3n) is 4.50. The molecule has 0 radical (unpaired) electrons. The molecule has 6 heteroatoms. The first-order valence-corrected chi connectivity index (χ1v) is 8.72. The summed E-state index contributed by atoms with van der Waals surface area (Å²) in [6.07, 6.45) is 2.49. The molecule has 1 aliphatic carbocycles. The molecule has 5 nitrogen and oxygen atoms in total. The zero-order valence-electron chi connectivity index (χ0n) is 15.7. The summed E-state index contributed by atoms with van der Waals surface area (Å²) in [6, 6.07) is 4.90. The van der Waals surface area contributed by atoms with Gasteiger partial charge in [0.2, 0.25) is 0 Å². The highest BCUT2D eigenvalue weighted by Crippen LogP contribution is 2.32. The maximum absolute atomic E-state index is 13.9. The molecule has 1 atom stereocenters. The van der Waals surface area contributed by atoms with Gasteiger partial charge in [-0.05, 0) is 64.7 Å². The van der Waals surface area contributed by atoms with Gasteiger partial charge in [0.05, 0.1) is 12.6 Å². The van der Waals surface area contributed by atoms with Gasteiger partial charge in [0.25, 0.3) is 0 Å². The van der Waals surface area contributed by atoms with Crippen LogP contribution < -0.4 is 15.4 Å². The van der Waals surface area contributed by atoms with Crippen molar-refractivity contribution < 1.29 is 18.7 Å². The Hall–Kier alpha value is -1.82. The number of carbonyl (C=O) groups is 1. The number of ether oxygens (including phenoxy) is 2. The maximum Gasteiger partial charge on any atom is 0.408 e. The fourth-order valence-electron chi connectivity index (χ4n) is 2.89. The molecule has 1 fully saturated rings. The molecule has 1 saturated carbocycles. The fraction of sp³-hybridized carbons (Fsp3) is 0.632. The number of hydrogen-bond donors (Lipinski definition) is 2. The summed E-state index contributed by atoms with van der Waals surface area (Å²) in [4.78, 5) is 12.1. The molecule has 0 aromatic heterocycles. The second kappa shape index (κ2) is 7.60. The van der Waals surface area contributed by atoms with Gasteiger partial charge in [-0.15, -0.1) is 0 Å². The molecule has 0 aliphatic heterocycles. The van der Waals surface area contributed by atoms with E-state index in [0.29, 0.717) is 6.54 Å². The van der Waals surface area contributed by atoms with E-state index < -0.39 is 11.7 Å². The van der Waals surface area contributed by atoms with Gasteiger partial charge in [0.1, 0.15) is 5.60 Å². The van der Waals surface area contributed by atoms with Crippen LogP contribution >= 0.6 is 0 Å². The zero-order chi connectivity index (χ0) is 18.7. The van der Waals surface area contributed by atoms with Crippen molar-refractivity contribution in [3.8, 4) is 5.75 Å². The topological polar surface area (TPSA) is 59.6 Å². The number of methoxy groups -OCH3 is 1. The molecule has 0 saturated heterocycles. The van der Waals surface area contributed by atoms with E-state index >= 15 is 0 Å². The van der Waals surface area contributed by atoms with Crippen LogP contribution in [0.3, 0.4) is 0 Å². The summed E-state index contributed by atoms with van der Waals surface area (Å²) >= 11 is 0. The molecular formula is C19H29FN2O3. The van der Waals surface area contributed by atoms with Crippen LogP contribution in [0.5, 0.6) is 5.75 Å². The summed E-state index contributed by atoms with van der Waals surface area (Å²) in [5, 5.41) is 6.40. The standard InChI is InChI=1S/C19H29FN2O3/c1-13(14-7-8-16(24-5)15(20)11-14)21-12-19(9-6-10-19)22-17(23)25-18(2,3)4/h7-8,11,13,21H,6,9-10,12H2,1-5H3,(H,22,23). The minimum absolute atomic E-state index is 0.0432. The summed E-state index contributed by atoms with van der Waals surface area (Å²) in [6.45, 7) is 8.12. The molecule has 2 N–H and O–H groups in total. The lowest BCUT2D eigenvalue weighted by atomic mass is 9.76. The number of halogens is 1. The lowest BCUT2D eigenvalue weighted by Crippen LogP contribution is -2.60. The number of hydrogen-bond acceptors (Lipinski definition) is 4. The van der Waals surface area contributed by atoms with E-state index in [1.165, 1.54) is 13.2 Å². The monoisotopic (exact) mass is 352 g/mol. The van der Waals surface area contributed by atoms with Crippen molar-refractivity contribution in [3.05, 3.63) is 29.6 Å². The van der Waals surface area contributed by atoms with E-state index in [0.717, 1.165) is 24.8 Å². The largest absolute Gasteiger partial charge is 0.494 e. The molecule has 2 rings (SSSR count). The fourth-order valence-corrected chi connectivity index (χ4v) is 2.89. The van der Waals surface area contributed by atoms with Crippen molar-refractivity contribution in [2.45, 2.75) is 64.1 Å². The van der Waals surface area contributed by atoms with Crippen molar-refractivity contribution >= 4 is 6.09 Å². The Labute approximate surface area is 149 Å². The molecule has 0 spiro atoms. The molecule has 1 aromatic carbocycles. The molecule has 25 heavy (non-hydrogen) atoms. The second-order valence-electron chi connectivity index (χ2n) is 7.76. The third kappa shape index (κ3) is 5.33. The van der Waals surface area contributed by atoms with Crippen LogP contribution in [0.1, 0.15) is 58.6 Å². The SMILES string of the molecule is COc1ccc(C(C)NCC2(NC(=O)OC(C)(C)C)CCC2)cc1F. The minimum atomic E-state index is -0.517. The van der Waals surface area contributed by atoms with Gasteiger partial charge in [0.15, 0.2) is 11.6 Å². The van der Waals surface area contributed by atoms with Crippen LogP contribution in [0.25, 0.3) is 0 Å². The molecule has 0 heterocycles. The Morgan fingerprint density at radius 1 is 1.36 bits per heavy atom. The maximum atomic E-state index is 13.9. The van der Waals surface area contributed by atoms with Crippen LogP contribution in [0, 0.1) is 5.82 Å². The molecule has 0 bridgehead atoms. The number of benzene rings is 1. The average molecular weight is 352 g/mol. The van der Waals surface area contributed by atoms with Crippen molar-refractivity contribution in [1.29, 1.82) is 0 Å². The summed E-state index contributed by atoms with van der Waals surface area (Å²) in [5.74, 6) is -0.142. The van der Waals surface area contributed by atoms with Gasteiger partial charge in [-0.1, -0.05) is 6.07 Å². The van der Waals surface area contributed by atoms with Crippen LogP contribution in [0.15, 0.2) is 18.2 Å². The lowest BCUT2D eigenvalue weighted by molar-refractivity contribution is 0.0379. The van der Waals surface area contributed by atoms with Crippen molar-refractivity contribution in [3.63, 3.8) is 0 Å². The first kappa shape index (κ1) is 19.5. The Bertz CT molecular complexity index is 609. The summed E-state index contributed by atoms with van der Waals surface area (Å²) in [7, 11) is 1.45. The molecular weight excluding hydrogens is 323 g/mol. The first-order valence-electron chi connectivity index (χ1n) is 8.72. The van der Waals surface area contributed by atoms with Gasteiger partial charge < -0.3 is 20.1 Å². The van der Waals surface area contributed by atoms with Gasteiger partial charge in [0, 0.05) is 12.6 Å². The Morgan fingerprint density at radius 2 is 2.04 bits per heavy atom.